The fourth-order valence-electron chi connectivity index (χ4n) is 0.487. The lowest BCUT2D eigenvalue weighted by Crippen LogP contribution is -2.03. The Kier molecular flexibility index (Phi) is 5.16. The number of hydrogen-bond acceptors (Lipinski definition) is 2. The maximum absolute atomic E-state index is 5.89. The van der Waals surface area contributed by atoms with E-state index >= 15 is 0 Å². The highest BCUT2D eigenvalue weighted by Crippen LogP contribution is 2.20. The zero-order valence-corrected chi connectivity index (χ0v) is 8.34. The first-order chi connectivity index (χ1) is 5.13. The van der Waals surface area contributed by atoms with Crippen molar-refractivity contribution in [3.63, 3.8) is 0 Å². The minimum absolute atomic E-state index is 0.621. The molecule has 0 aliphatic rings. The van der Waals surface area contributed by atoms with Crippen LogP contribution in [-0.2, 0) is 0 Å². The highest BCUT2D eigenvalue weighted by Gasteiger charge is 1.98. The van der Waals surface area contributed by atoms with Gasteiger partial charge in [0.25, 0.3) is 0 Å². The molecular weight excluding hydrogens is 178 g/mol. The van der Waals surface area contributed by atoms with Gasteiger partial charge >= 0.3 is 0 Å². The van der Waals surface area contributed by atoms with Crippen molar-refractivity contribution < 1.29 is 0 Å². The molecule has 0 atom stereocenters. The van der Waals surface area contributed by atoms with Crippen LogP contribution in [0.15, 0.2) is 34.4 Å². The molecule has 0 unspecified atom stereocenters. The molecule has 1 N–H and O–H groups in total. The number of rotatable bonds is 3. The molecule has 0 spiro atoms. The minimum Gasteiger partial charge on any atom is -0.390 e. The lowest BCUT2D eigenvalue weighted by atomic mass is 10.4. The summed E-state index contributed by atoms with van der Waals surface area (Å²) in [4.78, 5) is 0.716. The Hall–Kier alpha value is -0.340. The zero-order valence-electron chi connectivity index (χ0n) is 6.69. The van der Waals surface area contributed by atoms with E-state index in [4.69, 9.17) is 11.6 Å². The summed E-state index contributed by atoms with van der Waals surface area (Å²) in [6.07, 6.45) is 3.39. The summed E-state index contributed by atoms with van der Waals surface area (Å²) in [6, 6.07) is 0. The smallest absolute Gasteiger partial charge is 0.0725 e. The van der Waals surface area contributed by atoms with Crippen LogP contribution in [0.25, 0.3) is 0 Å². The molecule has 11 heavy (non-hydrogen) atoms. The predicted molar refractivity (Wildman–Crippen MR) is 54.9 cm³/mol. The van der Waals surface area contributed by atoms with Crippen LogP contribution in [0.2, 0.25) is 0 Å². The van der Waals surface area contributed by atoms with Gasteiger partial charge in [-0.1, -0.05) is 24.3 Å². The van der Waals surface area contributed by atoms with Crippen molar-refractivity contribution in [3.8, 4) is 0 Å². The Labute approximate surface area is 78.2 Å². The molecule has 0 saturated carbocycles. The van der Waals surface area contributed by atoms with Gasteiger partial charge in [0.1, 0.15) is 0 Å². The average molecular weight is 190 g/mol. The SMILES string of the molecule is C=C/C=C(S)\C(Cl)=C(/C)NC. The molecule has 0 radical (unpaired) electrons. The first-order valence-electron chi connectivity index (χ1n) is 3.19. The molecule has 0 aromatic heterocycles. The van der Waals surface area contributed by atoms with Crippen molar-refractivity contribution in [1.29, 1.82) is 0 Å². The molecule has 0 aliphatic heterocycles. The number of hydrogen-bond donors (Lipinski definition) is 2. The molecule has 0 aliphatic carbocycles. The van der Waals surface area contributed by atoms with E-state index < -0.39 is 0 Å². The fraction of sp³-hybridized carbons (Fsp3) is 0.250. The highest BCUT2D eigenvalue weighted by atomic mass is 35.5. The van der Waals surface area contributed by atoms with Crippen molar-refractivity contribution in [2.75, 3.05) is 7.05 Å². The standard InChI is InChI=1S/C8H12ClNS/c1-4-5-7(11)8(9)6(2)10-3/h4-5,10-11H,1H2,2-3H3/b7-5+,8-6-. The minimum atomic E-state index is 0.621. The van der Waals surface area contributed by atoms with Crippen LogP contribution in [0, 0.1) is 0 Å². The summed E-state index contributed by atoms with van der Waals surface area (Å²) < 4.78 is 0. The Morgan fingerprint density at radius 2 is 2.18 bits per heavy atom. The monoisotopic (exact) mass is 189 g/mol. The number of nitrogens with one attached hydrogen (secondary N) is 1. The molecule has 0 aromatic rings. The van der Waals surface area contributed by atoms with Crippen LogP contribution in [0.4, 0.5) is 0 Å². The molecule has 0 heterocycles. The van der Waals surface area contributed by atoms with Gasteiger partial charge in [-0.25, -0.2) is 0 Å². The third-order valence-electron chi connectivity index (χ3n) is 1.20. The third-order valence-corrected chi connectivity index (χ3v) is 2.20. The van der Waals surface area contributed by atoms with Gasteiger partial charge in [0, 0.05) is 17.6 Å². The average Bonchev–Trinajstić information content (AvgIpc) is 2.02. The van der Waals surface area contributed by atoms with Gasteiger partial charge in [0.2, 0.25) is 0 Å². The van der Waals surface area contributed by atoms with Gasteiger partial charge in [-0.3, -0.25) is 0 Å². The van der Waals surface area contributed by atoms with Crippen LogP contribution < -0.4 is 5.32 Å². The molecular formula is C8H12ClNS. The topological polar surface area (TPSA) is 12.0 Å². The summed E-state index contributed by atoms with van der Waals surface area (Å²) in [5, 5.41) is 3.55. The number of allylic oxidation sites excluding steroid dienone is 4. The second-order valence-corrected chi connectivity index (χ2v) is 2.84. The first kappa shape index (κ1) is 10.7. The Balaban J connectivity index is 4.58. The van der Waals surface area contributed by atoms with Gasteiger partial charge < -0.3 is 5.32 Å². The quantitative estimate of drug-likeness (QED) is 0.514. The normalized spacial score (nSPS) is 14.0. The summed E-state index contributed by atoms with van der Waals surface area (Å²) >= 11 is 10.0. The molecule has 3 heteroatoms. The third kappa shape index (κ3) is 3.54. The number of halogens is 1. The Bertz CT molecular complexity index is 206. The van der Waals surface area contributed by atoms with E-state index in [1.54, 1.807) is 12.2 Å². The summed E-state index contributed by atoms with van der Waals surface area (Å²) in [5.41, 5.74) is 0.898. The van der Waals surface area contributed by atoms with Crippen LogP contribution in [0.1, 0.15) is 6.92 Å². The van der Waals surface area contributed by atoms with E-state index in [1.807, 2.05) is 14.0 Å². The first-order valence-corrected chi connectivity index (χ1v) is 4.02. The molecule has 0 bridgehead atoms. The fourth-order valence-corrected chi connectivity index (χ4v) is 0.917. The van der Waals surface area contributed by atoms with Gasteiger partial charge in [-0.05, 0) is 13.0 Å². The number of thiol groups is 1. The molecule has 0 amide bonds. The lowest BCUT2D eigenvalue weighted by Gasteiger charge is -2.03. The van der Waals surface area contributed by atoms with Gasteiger partial charge in [0.05, 0.1) is 5.03 Å². The summed E-state index contributed by atoms with van der Waals surface area (Å²) in [7, 11) is 1.81. The Morgan fingerprint density at radius 1 is 1.64 bits per heavy atom. The maximum atomic E-state index is 5.89. The molecule has 0 fully saturated rings. The molecule has 0 aromatic carbocycles. The van der Waals surface area contributed by atoms with E-state index in [0.29, 0.717) is 9.94 Å². The van der Waals surface area contributed by atoms with Crippen molar-refractivity contribution in [3.05, 3.63) is 34.4 Å². The van der Waals surface area contributed by atoms with Crippen LogP contribution in [0.3, 0.4) is 0 Å². The predicted octanol–water partition coefficient (Wildman–Crippen LogP) is 2.68. The van der Waals surface area contributed by atoms with Crippen molar-refractivity contribution in [2.24, 2.45) is 0 Å². The summed E-state index contributed by atoms with van der Waals surface area (Å²) in [5.74, 6) is 0. The maximum Gasteiger partial charge on any atom is 0.0725 e. The molecule has 1 nitrogen and oxygen atoms in total. The van der Waals surface area contributed by atoms with Gasteiger partial charge in [0.15, 0.2) is 0 Å². The lowest BCUT2D eigenvalue weighted by molar-refractivity contribution is 0.984. The van der Waals surface area contributed by atoms with Crippen molar-refractivity contribution in [2.45, 2.75) is 6.92 Å². The van der Waals surface area contributed by atoms with Gasteiger partial charge in [-0.2, -0.15) is 0 Å². The second-order valence-electron chi connectivity index (χ2n) is 1.98. The van der Waals surface area contributed by atoms with Crippen molar-refractivity contribution >= 4 is 24.2 Å². The van der Waals surface area contributed by atoms with Crippen LogP contribution >= 0.6 is 24.2 Å². The zero-order chi connectivity index (χ0) is 8.85. The van der Waals surface area contributed by atoms with Crippen molar-refractivity contribution in [1.82, 2.24) is 5.32 Å². The van der Waals surface area contributed by atoms with E-state index in [2.05, 4.69) is 24.5 Å². The van der Waals surface area contributed by atoms with E-state index in [-0.39, 0.29) is 0 Å². The summed E-state index contributed by atoms with van der Waals surface area (Å²) in [6.45, 7) is 5.43. The highest BCUT2D eigenvalue weighted by molar-refractivity contribution is 7.85. The van der Waals surface area contributed by atoms with E-state index in [0.717, 1.165) is 5.70 Å². The Morgan fingerprint density at radius 3 is 2.55 bits per heavy atom. The largest absolute Gasteiger partial charge is 0.390 e. The van der Waals surface area contributed by atoms with Crippen LogP contribution in [0.5, 0.6) is 0 Å². The van der Waals surface area contributed by atoms with E-state index in [1.165, 1.54) is 0 Å². The molecule has 62 valence electrons. The molecule has 0 rings (SSSR count). The van der Waals surface area contributed by atoms with Gasteiger partial charge in [-0.15, -0.1) is 12.6 Å². The second kappa shape index (κ2) is 5.33. The van der Waals surface area contributed by atoms with E-state index in [9.17, 15) is 0 Å². The van der Waals surface area contributed by atoms with Crippen LogP contribution in [-0.4, -0.2) is 7.05 Å². The molecule has 0 saturated heterocycles.